The highest BCUT2D eigenvalue weighted by atomic mass is 79.9. The Kier molecular flexibility index (Phi) is 5.83. The van der Waals surface area contributed by atoms with E-state index < -0.39 is 0 Å². The fourth-order valence-corrected chi connectivity index (χ4v) is 4.47. The number of rotatable bonds is 6. The summed E-state index contributed by atoms with van der Waals surface area (Å²) in [5.74, 6) is 3.79. The maximum atomic E-state index is 5.37. The predicted molar refractivity (Wildman–Crippen MR) is 103 cm³/mol. The number of thioether (sulfide) groups is 1. The zero-order valence-corrected chi connectivity index (χ0v) is 15.4. The lowest BCUT2D eigenvalue weighted by atomic mass is 10.1. The van der Waals surface area contributed by atoms with Crippen molar-refractivity contribution in [3.8, 4) is 12.3 Å². The lowest BCUT2D eigenvalue weighted by molar-refractivity contribution is 0.568. The number of nitrogens with one attached hydrogen (secondary N) is 1. The monoisotopic (exact) mass is 385 g/mol. The number of halogens is 1. The molecule has 0 heterocycles. The van der Waals surface area contributed by atoms with Crippen LogP contribution in [-0.2, 0) is 12.8 Å². The third-order valence-corrected chi connectivity index (χ3v) is 5.87. The Labute approximate surface area is 151 Å². The van der Waals surface area contributed by atoms with E-state index in [0.717, 1.165) is 29.5 Å². The van der Waals surface area contributed by atoms with Crippen LogP contribution >= 0.6 is 27.7 Å². The van der Waals surface area contributed by atoms with Gasteiger partial charge in [-0.15, -0.1) is 18.2 Å². The molecule has 0 bridgehead atoms. The molecule has 23 heavy (non-hydrogen) atoms. The number of aryl methyl sites for hydroxylation is 1. The van der Waals surface area contributed by atoms with E-state index in [-0.39, 0.29) is 0 Å². The van der Waals surface area contributed by atoms with Crippen molar-refractivity contribution < 1.29 is 0 Å². The SMILES string of the molecule is C#CCNC1CCc2c(SCCc3ccc(Br)cc3)cccc21. The maximum Gasteiger partial charge on any atom is 0.0578 e. The van der Waals surface area contributed by atoms with Crippen molar-refractivity contribution in [3.63, 3.8) is 0 Å². The molecule has 0 spiro atoms. The first-order chi connectivity index (χ1) is 11.3. The first kappa shape index (κ1) is 16.6. The summed E-state index contributed by atoms with van der Waals surface area (Å²) in [6.07, 6.45) is 8.77. The standard InChI is InChI=1S/C20H20BrNS/c1-2-13-22-19-11-10-18-17(19)4-3-5-20(18)23-14-12-15-6-8-16(21)9-7-15/h1,3-9,19,22H,10-14H2. The van der Waals surface area contributed by atoms with Gasteiger partial charge in [0.15, 0.2) is 0 Å². The third-order valence-electron chi connectivity index (χ3n) is 4.24. The van der Waals surface area contributed by atoms with Crippen LogP contribution in [0.15, 0.2) is 51.8 Å². The molecule has 0 aromatic heterocycles. The maximum absolute atomic E-state index is 5.37. The Hall–Kier alpha value is -1.21. The quantitative estimate of drug-likeness (QED) is 0.554. The highest BCUT2D eigenvalue weighted by molar-refractivity contribution is 9.10. The number of hydrogen-bond donors (Lipinski definition) is 1. The Bertz CT molecular complexity index is 703. The Morgan fingerprint density at radius 2 is 2.04 bits per heavy atom. The zero-order valence-electron chi connectivity index (χ0n) is 13.0. The van der Waals surface area contributed by atoms with E-state index in [0.29, 0.717) is 12.6 Å². The number of fused-ring (bicyclic) bond motifs is 1. The molecule has 0 amide bonds. The van der Waals surface area contributed by atoms with Crippen molar-refractivity contribution in [1.29, 1.82) is 0 Å². The minimum absolute atomic E-state index is 0.424. The van der Waals surface area contributed by atoms with Gasteiger partial charge in [-0.25, -0.2) is 0 Å². The predicted octanol–water partition coefficient (Wildman–Crippen LogP) is 4.99. The van der Waals surface area contributed by atoms with E-state index in [1.807, 2.05) is 11.8 Å². The van der Waals surface area contributed by atoms with E-state index in [2.05, 4.69) is 69.6 Å². The highest BCUT2D eigenvalue weighted by Crippen LogP contribution is 2.37. The molecule has 1 aliphatic rings. The molecule has 0 saturated carbocycles. The number of hydrogen-bond acceptors (Lipinski definition) is 2. The van der Waals surface area contributed by atoms with E-state index in [9.17, 15) is 0 Å². The molecule has 1 nitrogen and oxygen atoms in total. The summed E-state index contributed by atoms with van der Waals surface area (Å²) in [7, 11) is 0. The molecule has 1 unspecified atom stereocenters. The molecule has 3 heteroatoms. The van der Waals surface area contributed by atoms with Gasteiger partial charge >= 0.3 is 0 Å². The molecule has 2 aromatic carbocycles. The molecule has 118 valence electrons. The van der Waals surface area contributed by atoms with Crippen molar-refractivity contribution in [3.05, 3.63) is 63.6 Å². The number of terminal acetylenes is 1. The summed E-state index contributed by atoms with van der Waals surface area (Å²) in [5, 5.41) is 3.45. The molecule has 0 saturated heterocycles. The summed E-state index contributed by atoms with van der Waals surface area (Å²) in [6.45, 7) is 0.644. The average Bonchev–Trinajstić information content (AvgIpc) is 2.99. The fraction of sp³-hybridized carbons (Fsp3) is 0.300. The normalized spacial score (nSPS) is 16.1. The van der Waals surface area contributed by atoms with E-state index in [1.54, 1.807) is 0 Å². The smallest absolute Gasteiger partial charge is 0.0578 e. The average molecular weight is 386 g/mol. The summed E-state index contributed by atoms with van der Waals surface area (Å²) >= 11 is 5.46. The van der Waals surface area contributed by atoms with Crippen LogP contribution in [0.4, 0.5) is 0 Å². The van der Waals surface area contributed by atoms with Gasteiger partial charge in [0.05, 0.1) is 6.54 Å². The Morgan fingerprint density at radius 3 is 2.83 bits per heavy atom. The van der Waals surface area contributed by atoms with Crippen molar-refractivity contribution in [1.82, 2.24) is 5.32 Å². The minimum atomic E-state index is 0.424. The molecule has 0 fully saturated rings. The van der Waals surface area contributed by atoms with Gasteiger partial charge in [0.1, 0.15) is 0 Å². The van der Waals surface area contributed by atoms with Crippen molar-refractivity contribution in [2.24, 2.45) is 0 Å². The molecule has 2 aromatic rings. The molecule has 1 N–H and O–H groups in total. The Balaban J connectivity index is 1.62. The van der Waals surface area contributed by atoms with Crippen molar-refractivity contribution in [2.75, 3.05) is 12.3 Å². The van der Waals surface area contributed by atoms with Crippen LogP contribution in [0.1, 0.15) is 29.2 Å². The molecular formula is C20H20BrNS. The molecule has 0 aliphatic heterocycles. The van der Waals surface area contributed by atoms with E-state index >= 15 is 0 Å². The molecule has 1 aliphatic carbocycles. The molecule has 3 rings (SSSR count). The topological polar surface area (TPSA) is 12.0 Å². The van der Waals surface area contributed by atoms with Gasteiger partial charge in [0, 0.05) is 21.2 Å². The van der Waals surface area contributed by atoms with E-state index in [4.69, 9.17) is 6.42 Å². The molecule has 0 radical (unpaired) electrons. The largest absolute Gasteiger partial charge is 0.299 e. The lowest BCUT2D eigenvalue weighted by Gasteiger charge is -2.13. The van der Waals surface area contributed by atoms with E-state index in [1.165, 1.54) is 21.6 Å². The van der Waals surface area contributed by atoms with Gasteiger partial charge in [-0.1, -0.05) is 46.1 Å². The van der Waals surface area contributed by atoms with Gasteiger partial charge in [-0.05, 0) is 54.2 Å². The van der Waals surface area contributed by atoms with Crippen LogP contribution in [0.5, 0.6) is 0 Å². The molecular weight excluding hydrogens is 366 g/mol. The summed E-state index contributed by atoms with van der Waals surface area (Å²) in [5.41, 5.74) is 4.35. The highest BCUT2D eigenvalue weighted by Gasteiger charge is 2.23. The van der Waals surface area contributed by atoms with Crippen molar-refractivity contribution in [2.45, 2.75) is 30.2 Å². The van der Waals surface area contributed by atoms with Gasteiger partial charge in [0.2, 0.25) is 0 Å². The minimum Gasteiger partial charge on any atom is -0.299 e. The fourth-order valence-electron chi connectivity index (χ4n) is 3.08. The Morgan fingerprint density at radius 1 is 1.22 bits per heavy atom. The summed E-state index contributed by atoms with van der Waals surface area (Å²) in [6, 6.07) is 15.7. The van der Waals surface area contributed by atoms with Crippen LogP contribution in [0.3, 0.4) is 0 Å². The summed E-state index contributed by atoms with van der Waals surface area (Å²) in [4.78, 5) is 1.43. The van der Waals surface area contributed by atoms with Gasteiger partial charge < -0.3 is 0 Å². The van der Waals surface area contributed by atoms with Crippen LogP contribution < -0.4 is 5.32 Å². The van der Waals surface area contributed by atoms with Gasteiger partial charge in [0.25, 0.3) is 0 Å². The van der Waals surface area contributed by atoms with Crippen LogP contribution in [0.25, 0.3) is 0 Å². The first-order valence-electron chi connectivity index (χ1n) is 7.94. The second kappa shape index (κ2) is 8.06. The third kappa shape index (κ3) is 4.20. The first-order valence-corrected chi connectivity index (χ1v) is 9.71. The van der Waals surface area contributed by atoms with Crippen LogP contribution in [0, 0.1) is 12.3 Å². The summed E-state index contributed by atoms with van der Waals surface area (Å²) < 4.78 is 1.14. The zero-order chi connectivity index (χ0) is 16.1. The number of benzene rings is 2. The molecule has 1 atom stereocenters. The second-order valence-corrected chi connectivity index (χ2v) is 7.78. The van der Waals surface area contributed by atoms with Gasteiger partial charge in [-0.3, -0.25) is 5.32 Å². The second-order valence-electron chi connectivity index (χ2n) is 5.73. The van der Waals surface area contributed by atoms with Gasteiger partial charge in [-0.2, -0.15) is 0 Å². The van der Waals surface area contributed by atoms with Crippen LogP contribution in [-0.4, -0.2) is 12.3 Å². The van der Waals surface area contributed by atoms with Crippen LogP contribution in [0.2, 0.25) is 0 Å². The van der Waals surface area contributed by atoms with Crippen molar-refractivity contribution >= 4 is 27.7 Å². The lowest BCUT2D eigenvalue weighted by Crippen LogP contribution is -2.19.